The van der Waals surface area contributed by atoms with E-state index in [4.69, 9.17) is 9.47 Å². The molecule has 3 unspecified atom stereocenters. The lowest BCUT2D eigenvalue weighted by molar-refractivity contribution is -0.391. The summed E-state index contributed by atoms with van der Waals surface area (Å²) in [6.07, 6.45) is 0.455. The first kappa shape index (κ1) is 13.7. The predicted octanol–water partition coefficient (Wildman–Crippen LogP) is 1.05. The molecule has 1 fully saturated rings. The number of hydrogen-bond donors (Lipinski definition) is 1. The number of aromatic nitrogens is 1. The van der Waals surface area contributed by atoms with Gasteiger partial charge >= 0.3 is 5.82 Å². The summed E-state index contributed by atoms with van der Waals surface area (Å²) in [6.45, 7) is 1.70. The first-order valence-electron chi connectivity index (χ1n) is 6.05. The molecule has 1 aromatic heterocycles. The molecule has 0 spiro atoms. The molecule has 1 aromatic rings. The van der Waals surface area contributed by atoms with Crippen molar-refractivity contribution in [2.24, 2.45) is 0 Å². The Morgan fingerprint density at radius 2 is 2.26 bits per heavy atom. The van der Waals surface area contributed by atoms with Gasteiger partial charge in [-0.25, -0.2) is 0 Å². The van der Waals surface area contributed by atoms with Crippen LogP contribution < -0.4 is 10.1 Å². The molecule has 0 bridgehead atoms. The highest BCUT2D eigenvalue weighted by atomic mass is 16.6. The first-order valence-corrected chi connectivity index (χ1v) is 6.05. The van der Waals surface area contributed by atoms with E-state index >= 15 is 0 Å². The molecule has 0 radical (unpaired) electrons. The van der Waals surface area contributed by atoms with E-state index < -0.39 is 4.92 Å². The molecular formula is C12H17N3O4. The summed E-state index contributed by atoms with van der Waals surface area (Å²) in [5.74, 6) is -0.0556. The number of rotatable bonds is 5. The Hall–Kier alpha value is -1.73. The Morgan fingerprint density at radius 3 is 2.84 bits per heavy atom. The number of methoxy groups -OCH3 is 1. The lowest BCUT2D eigenvalue weighted by Crippen LogP contribution is -2.60. The Morgan fingerprint density at radius 1 is 1.53 bits per heavy atom. The number of likely N-dealkylation sites (N-methyl/N-ethyl adjacent to an activating group) is 1. The van der Waals surface area contributed by atoms with E-state index in [0.29, 0.717) is 5.69 Å². The summed E-state index contributed by atoms with van der Waals surface area (Å²) in [5, 5.41) is 14.1. The van der Waals surface area contributed by atoms with Gasteiger partial charge in [-0.05, 0) is 29.1 Å². The normalized spacial score (nSPS) is 25.7. The van der Waals surface area contributed by atoms with E-state index in [1.54, 1.807) is 26.2 Å². The number of nitro groups is 1. The topological polar surface area (TPSA) is 86.5 Å². The van der Waals surface area contributed by atoms with Crippen molar-refractivity contribution in [2.75, 3.05) is 14.2 Å². The van der Waals surface area contributed by atoms with Gasteiger partial charge in [-0.2, -0.15) is 0 Å². The van der Waals surface area contributed by atoms with Crippen LogP contribution in [-0.2, 0) is 4.74 Å². The number of pyridine rings is 1. The first-order chi connectivity index (χ1) is 9.06. The third-order valence-corrected chi connectivity index (χ3v) is 3.32. The molecule has 0 saturated heterocycles. The average Bonchev–Trinajstić information content (AvgIpc) is 2.35. The van der Waals surface area contributed by atoms with Crippen LogP contribution in [-0.4, -0.2) is 42.3 Å². The van der Waals surface area contributed by atoms with E-state index in [-0.39, 0.29) is 29.8 Å². The summed E-state index contributed by atoms with van der Waals surface area (Å²) >= 11 is 0. The van der Waals surface area contributed by atoms with Crippen LogP contribution in [0.1, 0.15) is 12.1 Å². The second kappa shape index (κ2) is 5.50. The molecule has 1 saturated carbocycles. The standard InChI is InChI=1S/C12H17N3O4/c1-7-4-5-9(12(14-7)15(16)17)19-10-6-8(13-2)11(10)18-3/h4-5,8,10-11,13H,6H2,1-3H3. The number of ether oxygens (including phenoxy) is 2. The average molecular weight is 267 g/mol. The van der Waals surface area contributed by atoms with E-state index in [2.05, 4.69) is 10.3 Å². The number of aryl methyl sites for hydroxylation is 1. The smallest absolute Gasteiger partial charge is 0.406 e. The minimum absolute atomic E-state index is 0.106. The van der Waals surface area contributed by atoms with Crippen LogP contribution in [0.4, 0.5) is 5.82 Å². The van der Waals surface area contributed by atoms with E-state index in [0.717, 1.165) is 6.42 Å². The second-order valence-electron chi connectivity index (χ2n) is 4.52. The molecule has 19 heavy (non-hydrogen) atoms. The Bertz CT molecular complexity index is 480. The molecule has 0 amide bonds. The fourth-order valence-corrected chi connectivity index (χ4v) is 2.21. The van der Waals surface area contributed by atoms with Gasteiger partial charge in [-0.3, -0.25) is 0 Å². The molecule has 1 N–H and O–H groups in total. The van der Waals surface area contributed by atoms with E-state index in [1.807, 2.05) is 7.05 Å². The van der Waals surface area contributed by atoms with Crippen molar-refractivity contribution >= 4 is 5.82 Å². The summed E-state index contributed by atoms with van der Waals surface area (Å²) in [6, 6.07) is 3.49. The maximum Gasteiger partial charge on any atom is 0.406 e. The molecule has 0 aliphatic heterocycles. The Kier molecular flexibility index (Phi) is 3.96. The van der Waals surface area contributed by atoms with Crippen molar-refractivity contribution in [1.29, 1.82) is 0 Å². The predicted molar refractivity (Wildman–Crippen MR) is 68.3 cm³/mol. The van der Waals surface area contributed by atoms with Gasteiger partial charge in [0.1, 0.15) is 17.9 Å². The van der Waals surface area contributed by atoms with Gasteiger partial charge < -0.3 is 24.9 Å². The summed E-state index contributed by atoms with van der Waals surface area (Å²) in [5.41, 5.74) is 0.587. The molecular weight excluding hydrogens is 250 g/mol. The quantitative estimate of drug-likeness (QED) is 0.634. The minimum atomic E-state index is -0.529. The van der Waals surface area contributed by atoms with Crippen molar-refractivity contribution < 1.29 is 14.4 Å². The molecule has 1 aliphatic carbocycles. The number of nitrogens with zero attached hydrogens (tertiary/aromatic N) is 2. The zero-order valence-electron chi connectivity index (χ0n) is 11.1. The Balaban J connectivity index is 2.14. The van der Waals surface area contributed by atoms with Crippen LogP contribution in [0.5, 0.6) is 5.75 Å². The van der Waals surface area contributed by atoms with Crippen LogP contribution in [0.25, 0.3) is 0 Å². The second-order valence-corrected chi connectivity index (χ2v) is 4.52. The third-order valence-electron chi connectivity index (χ3n) is 3.32. The highest BCUT2D eigenvalue weighted by Gasteiger charge is 2.43. The summed E-state index contributed by atoms with van der Waals surface area (Å²) in [4.78, 5) is 14.3. The van der Waals surface area contributed by atoms with Crippen LogP contribution in [0.2, 0.25) is 0 Å². The van der Waals surface area contributed by atoms with Gasteiger partial charge in [0, 0.05) is 26.5 Å². The largest absolute Gasteiger partial charge is 0.479 e. The van der Waals surface area contributed by atoms with Gasteiger partial charge in [0.15, 0.2) is 0 Å². The fraction of sp³-hybridized carbons (Fsp3) is 0.583. The molecule has 7 nitrogen and oxygen atoms in total. The summed E-state index contributed by atoms with van der Waals surface area (Å²) < 4.78 is 11.0. The van der Waals surface area contributed by atoms with Gasteiger partial charge in [-0.15, -0.1) is 0 Å². The lowest BCUT2D eigenvalue weighted by atomic mass is 9.85. The minimum Gasteiger partial charge on any atom is -0.479 e. The zero-order chi connectivity index (χ0) is 14.0. The third kappa shape index (κ3) is 2.66. The SMILES string of the molecule is CNC1CC(Oc2ccc(C)nc2[N+](=O)[O-])C1OC. The maximum atomic E-state index is 11.0. The highest BCUT2D eigenvalue weighted by molar-refractivity contribution is 5.40. The van der Waals surface area contributed by atoms with Gasteiger partial charge in [0.05, 0.1) is 0 Å². The number of hydrogen-bond acceptors (Lipinski definition) is 6. The van der Waals surface area contributed by atoms with E-state index in [9.17, 15) is 10.1 Å². The van der Waals surface area contributed by atoms with Crippen LogP contribution in [0, 0.1) is 17.0 Å². The van der Waals surface area contributed by atoms with Gasteiger partial charge in [0.2, 0.25) is 5.75 Å². The lowest BCUT2D eigenvalue weighted by Gasteiger charge is -2.42. The van der Waals surface area contributed by atoms with Gasteiger partial charge in [-0.1, -0.05) is 0 Å². The zero-order valence-corrected chi connectivity index (χ0v) is 11.1. The monoisotopic (exact) mass is 267 g/mol. The molecule has 0 aromatic carbocycles. The van der Waals surface area contributed by atoms with Crippen molar-refractivity contribution in [3.8, 4) is 5.75 Å². The van der Waals surface area contributed by atoms with Crippen LogP contribution in [0.15, 0.2) is 12.1 Å². The Labute approximate surface area is 111 Å². The molecule has 1 heterocycles. The van der Waals surface area contributed by atoms with Crippen molar-refractivity contribution in [2.45, 2.75) is 31.6 Å². The van der Waals surface area contributed by atoms with Crippen LogP contribution in [0.3, 0.4) is 0 Å². The van der Waals surface area contributed by atoms with Crippen molar-refractivity contribution in [3.63, 3.8) is 0 Å². The fourth-order valence-electron chi connectivity index (χ4n) is 2.21. The summed E-state index contributed by atoms with van der Waals surface area (Å²) in [7, 11) is 3.45. The molecule has 3 atom stereocenters. The number of nitrogens with one attached hydrogen (secondary N) is 1. The highest BCUT2D eigenvalue weighted by Crippen LogP contribution is 2.32. The molecule has 1 aliphatic rings. The van der Waals surface area contributed by atoms with Gasteiger partial charge in [0.25, 0.3) is 0 Å². The van der Waals surface area contributed by atoms with E-state index in [1.165, 1.54) is 0 Å². The molecule has 104 valence electrons. The maximum absolute atomic E-state index is 11.0. The molecule has 7 heteroatoms. The molecule has 2 rings (SSSR count). The van der Waals surface area contributed by atoms with Crippen molar-refractivity contribution in [1.82, 2.24) is 10.3 Å². The van der Waals surface area contributed by atoms with Crippen molar-refractivity contribution in [3.05, 3.63) is 27.9 Å². The van der Waals surface area contributed by atoms with Crippen LogP contribution >= 0.6 is 0 Å².